The molecule has 6 nitrogen and oxygen atoms in total. The molecule has 1 N–H and O–H groups in total. The summed E-state index contributed by atoms with van der Waals surface area (Å²) in [6.07, 6.45) is 5.31. The first-order chi connectivity index (χ1) is 12.3. The van der Waals surface area contributed by atoms with Crippen LogP contribution >= 0.6 is 11.3 Å². The molecule has 0 amide bonds. The van der Waals surface area contributed by atoms with Crippen LogP contribution in [0.1, 0.15) is 17.4 Å². The van der Waals surface area contributed by atoms with Gasteiger partial charge in [-0.1, -0.05) is 12.1 Å². The van der Waals surface area contributed by atoms with Crippen LogP contribution in [0.4, 0.5) is 5.82 Å². The van der Waals surface area contributed by atoms with E-state index < -0.39 is 0 Å². The number of imidazole rings is 1. The first kappa shape index (κ1) is 15.6. The maximum Gasteiger partial charge on any atom is 0.148 e. The summed E-state index contributed by atoms with van der Waals surface area (Å²) >= 11 is 1.62. The fourth-order valence-electron chi connectivity index (χ4n) is 2.80. The Morgan fingerprint density at radius 3 is 2.92 bits per heavy atom. The van der Waals surface area contributed by atoms with Gasteiger partial charge in [0.1, 0.15) is 29.8 Å². The number of nitrogens with zero attached hydrogens (tertiary/aromatic N) is 4. The van der Waals surface area contributed by atoms with Crippen LogP contribution in [0, 0.1) is 0 Å². The van der Waals surface area contributed by atoms with E-state index >= 15 is 0 Å². The smallest absolute Gasteiger partial charge is 0.148 e. The van der Waals surface area contributed by atoms with Crippen molar-refractivity contribution in [1.82, 2.24) is 19.5 Å². The molecule has 0 bridgehead atoms. The number of fused-ring (bicyclic) bond motifs is 1. The highest BCUT2D eigenvalue weighted by Crippen LogP contribution is 2.31. The Hall–Kier alpha value is -2.93. The topological polar surface area (TPSA) is 64.9 Å². The maximum atomic E-state index is 5.38. The number of aromatic nitrogens is 4. The molecule has 0 aliphatic heterocycles. The summed E-state index contributed by atoms with van der Waals surface area (Å²) in [5.74, 6) is 2.51. The van der Waals surface area contributed by atoms with Gasteiger partial charge >= 0.3 is 0 Å². The van der Waals surface area contributed by atoms with Gasteiger partial charge in [0.05, 0.1) is 17.3 Å². The van der Waals surface area contributed by atoms with E-state index in [0.29, 0.717) is 0 Å². The Labute approximate surface area is 149 Å². The highest BCUT2D eigenvalue weighted by molar-refractivity contribution is 7.17. The van der Waals surface area contributed by atoms with E-state index in [4.69, 9.17) is 4.74 Å². The number of hydrogen-bond donors (Lipinski definition) is 1. The van der Waals surface area contributed by atoms with E-state index in [1.54, 1.807) is 31.0 Å². The summed E-state index contributed by atoms with van der Waals surface area (Å²) < 4.78 is 8.42. The number of nitrogens with one attached hydrogen (secondary N) is 1. The van der Waals surface area contributed by atoms with E-state index in [1.807, 2.05) is 47.5 Å². The van der Waals surface area contributed by atoms with Gasteiger partial charge in [-0.25, -0.2) is 15.0 Å². The van der Waals surface area contributed by atoms with Crippen molar-refractivity contribution >= 4 is 27.4 Å². The Morgan fingerprint density at radius 2 is 2.12 bits per heavy atom. The monoisotopic (exact) mass is 351 g/mol. The molecule has 0 unspecified atom stereocenters. The van der Waals surface area contributed by atoms with Crippen molar-refractivity contribution in [2.24, 2.45) is 7.05 Å². The number of anilines is 1. The van der Waals surface area contributed by atoms with Crippen LogP contribution in [0.25, 0.3) is 10.2 Å². The molecule has 3 heterocycles. The molecule has 0 saturated heterocycles. The molecule has 0 aliphatic carbocycles. The summed E-state index contributed by atoms with van der Waals surface area (Å²) in [5.41, 5.74) is 1.99. The SMILES string of the molecule is COc1cccc([C@@H](Nc2ncnc3ccsc23)c2nccn2C)c1. The van der Waals surface area contributed by atoms with E-state index in [9.17, 15) is 0 Å². The second-order valence-corrected chi connectivity index (χ2v) is 6.52. The van der Waals surface area contributed by atoms with Crippen LogP contribution in [0.2, 0.25) is 0 Å². The minimum atomic E-state index is -0.157. The van der Waals surface area contributed by atoms with Crippen molar-refractivity contribution in [2.45, 2.75) is 6.04 Å². The van der Waals surface area contributed by atoms with E-state index in [0.717, 1.165) is 33.2 Å². The first-order valence-corrected chi connectivity index (χ1v) is 8.70. The second-order valence-electron chi connectivity index (χ2n) is 5.61. The molecular weight excluding hydrogens is 334 g/mol. The molecule has 0 spiro atoms. The third kappa shape index (κ3) is 2.94. The molecule has 7 heteroatoms. The summed E-state index contributed by atoms with van der Waals surface area (Å²) in [6, 6.07) is 9.82. The lowest BCUT2D eigenvalue weighted by molar-refractivity contribution is 0.414. The molecule has 0 radical (unpaired) electrons. The van der Waals surface area contributed by atoms with Gasteiger partial charge < -0.3 is 14.6 Å². The van der Waals surface area contributed by atoms with Gasteiger partial charge in [-0.05, 0) is 29.1 Å². The molecule has 126 valence electrons. The molecule has 0 fully saturated rings. The number of benzene rings is 1. The summed E-state index contributed by atoms with van der Waals surface area (Å²) in [4.78, 5) is 13.3. The van der Waals surface area contributed by atoms with Gasteiger partial charge in [-0.15, -0.1) is 11.3 Å². The highest BCUT2D eigenvalue weighted by Gasteiger charge is 2.20. The van der Waals surface area contributed by atoms with Gasteiger partial charge in [-0.3, -0.25) is 0 Å². The molecule has 3 aromatic heterocycles. The van der Waals surface area contributed by atoms with Crippen LogP contribution in [-0.2, 0) is 7.05 Å². The number of ether oxygens (including phenoxy) is 1. The fourth-order valence-corrected chi connectivity index (χ4v) is 3.60. The lowest BCUT2D eigenvalue weighted by Crippen LogP contribution is -2.17. The van der Waals surface area contributed by atoms with E-state index in [1.165, 1.54) is 0 Å². The Kier molecular flexibility index (Phi) is 4.07. The second kappa shape index (κ2) is 6.52. The zero-order valence-electron chi connectivity index (χ0n) is 13.9. The van der Waals surface area contributed by atoms with Crippen molar-refractivity contribution in [3.8, 4) is 5.75 Å². The van der Waals surface area contributed by atoms with Crippen LogP contribution in [0.5, 0.6) is 5.75 Å². The molecule has 1 atom stereocenters. The fraction of sp³-hybridized carbons (Fsp3) is 0.167. The first-order valence-electron chi connectivity index (χ1n) is 7.82. The van der Waals surface area contributed by atoms with Crippen LogP contribution in [0.3, 0.4) is 0 Å². The summed E-state index contributed by atoms with van der Waals surface area (Å²) in [5, 5.41) is 5.56. The van der Waals surface area contributed by atoms with Gasteiger partial charge in [0.15, 0.2) is 0 Å². The lowest BCUT2D eigenvalue weighted by atomic mass is 10.1. The van der Waals surface area contributed by atoms with Crippen molar-refractivity contribution in [3.63, 3.8) is 0 Å². The number of thiophene rings is 1. The van der Waals surface area contributed by atoms with Crippen LogP contribution < -0.4 is 10.1 Å². The number of rotatable bonds is 5. The largest absolute Gasteiger partial charge is 0.497 e. The molecule has 0 saturated carbocycles. The number of hydrogen-bond acceptors (Lipinski definition) is 6. The Bertz CT molecular complexity index is 1010. The predicted octanol–water partition coefficient (Wildman–Crippen LogP) is 3.63. The Balaban J connectivity index is 1.80. The number of methoxy groups -OCH3 is 1. The average molecular weight is 351 g/mol. The van der Waals surface area contributed by atoms with Crippen LogP contribution in [0.15, 0.2) is 54.4 Å². The normalized spacial score (nSPS) is 12.2. The molecule has 0 aliphatic rings. The van der Waals surface area contributed by atoms with E-state index in [2.05, 4.69) is 26.3 Å². The quantitative estimate of drug-likeness (QED) is 0.595. The third-order valence-electron chi connectivity index (χ3n) is 4.07. The third-order valence-corrected chi connectivity index (χ3v) is 4.98. The zero-order chi connectivity index (χ0) is 17.2. The highest BCUT2D eigenvalue weighted by atomic mass is 32.1. The van der Waals surface area contributed by atoms with Gasteiger partial charge in [0, 0.05) is 19.4 Å². The van der Waals surface area contributed by atoms with Crippen molar-refractivity contribution in [2.75, 3.05) is 12.4 Å². The minimum Gasteiger partial charge on any atom is -0.497 e. The predicted molar refractivity (Wildman–Crippen MR) is 99.1 cm³/mol. The van der Waals surface area contributed by atoms with Gasteiger partial charge in [-0.2, -0.15) is 0 Å². The standard InChI is InChI=1S/C18H17N5OS/c1-23-8-7-19-18(23)15(12-4-3-5-13(10-12)24-2)22-17-16-14(6-9-25-16)20-11-21-17/h3-11,15H,1-2H3,(H,20,21,22)/t15-/m1/s1. The van der Waals surface area contributed by atoms with Crippen molar-refractivity contribution < 1.29 is 4.74 Å². The minimum absolute atomic E-state index is 0.157. The Morgan fingerprint density at radius 1 is 1.20 bits per heavy atom. The maximum absolute atomic E-state index is 5.38. The van der Waals surface area contributed by atoms with Crippen LogP contribution in [-0.4, -0.2) is 26.6 Å². The lowest BCUT2D eigenvalue weighted by Gasteiger charge is -2.20. The van der Waals surface area contributed by atoms with Crippen molar-refractivity contribution in [3.05, 3.63) is 65.8 Å². The molecular formula is C18H17N5OS. The van der Waals surface area contributed by atoms with E-state index in [-0.39, 0.29) is 6.04 Å². The molecule has 25 heavy (non-hydrogen) atoms. The van der Waals surface area contributed by atoms with Gasteiger partial charge in [0.2, 0.25) is 0 Å². The molecule has 4 aromatic rings. The molecule has 1 aromatic carbocycles. The summed E-state index contributed by atoms with van der Waals surface area (Å²) in [6.45, 7) is 0. The summed E-state index contributed by atoms with van der Waals surface area (Å²) in [7, 11) is 3.65. The van der Waals surface area contributed by atoms with Gasteiger partial charge in [0.25, 0.3) is 0 Å². The van der Waals surface area contributed by atoms with Crippen molar-refractivity contribution in [1.29, 1.82) is 0 Å². The molecule has 4 rings (SSSR count). The average Bonchev–Trinajstić information content (AvgIpc) is 3.29. The zero-order valence-corrected chi connectivity index (χ0v) is 14.7. The number of aryl methyl sites for hydroxylation is 1.